The Bertz CT molecular complexity index is 674. The SMILES string of the molecule is CCCCCCCC1CCC(c2ccc(C3CC(=C(F)F)C3)c(F)c2F)CC1. The number of rotatable bonds is 8. The summed E-state index contributed by atoms with van der Waals surface area (Å²) in [5.74, 6) is -1.08. The van der Waals surface area contributed by atoms with Crippen molar-refractivity contribution in [3.63, 3.8) is 0 Å². The molecule has 28 heavy (non-hydrogen) atoms. The number of unbranched alkanes of at least 4 members (excludes halogenated alkanes) is 4. The van der Waals surface area contributed by atoms with Crippen LogP contribution in [0, 0.1) is 17.6 Å². The van der Waals surface area contributed by atoms with Crippen LogP contribution in [-0.2, 0) is 0 Å². The summed E-state index contributed by atoms with van der Waals surface area (Å²) in [7, 11) is 0. The molecule has 4 heteroatoms. The molecule has 1 aromatic rings. The quantitative estimate of drug-likeness (QED) is 0.305. The molecule has 0 N–H and O–H groups in total. The highest BCUT2D eigenvalue weighted by Crippen LogP contribution is 2.46. The molecule has 1 aromatic carbocycles. The van der Waals surface area contributed by atoms with Crippen LogP contribution in [0.25, 0.3) is 0 Å². The number of benzene rings is 1. The van der Waals surface area contributed by atoms with Crippen molar-refractivity contribution in [2.45, 2.75) is 95.8 Å². The summed E-state index contributed by atoms with van der Waals surface area (Å²) in [6.45, 7) is 2.22. The fourth-order valence-electron chi connectivity index (χ4n) is 4.92. The molecule has 0 nitrogen and oxygen atoms in total. The van der Waals surface area contributed by atoms with E-state index in [0.29, 0.717) is 5.56 Å². The van der Waals surface area contributed by atoms with Gasteiger partial charge in [0.25, 0.3) is 6.08 Å². The van der Waals surface area contributed by atoms with Gasteiger partial charge in [0, 0.05) is 0 Å². The van der Waals surface area contributed by atoms with Crippen molar-refractivity contribution < 1.29 is 17.6 Å². The first-order chi connectivity index (χ1) is 13.5. The van der Waals surface area contributed by atoms with Crippen molar-refractivity contribution in [3.8, 4) is 0 Å². The molecule has 0 amide bonds. The van der Waals surface area contributed by atoms with E-state index < -0.39 is 17.7 Å². The molecule has 0 atom stereocenters. The molecule has 2 aliphatic carbocycles. The van der Waals surface area contributed by atoms with E-state index in [-0.39, 0.29) is 35.8 Å². The van der Waals surface area contributed by atoms with Gasteiger partial charge in [0.15, 0.2) is 11.6 Å². The first kappa shape index (κ1) is 21.4. The van der Waals surface area contributed by atoms with Crippen LogP contribution in [0.5, 0.6) is 0 Å². The Labute approximate surface area is 166 Å². The molecule has 3 rings (SSSR count). The van der Waals surface area contributed by atoms with Gasteiger partial charge in [-0.3, -0.25) is 0 Å². The van der Waals surface area contributed by atoms with Crippen LogP contribution in [0.4, 0.5) is 17.6 Å². The van der Waals surface area contributed by atoms with Crippen LogP contribution in [0.3, 0.4) is 0 Å². The summed E-state index contributed by atoms with van der Waals surface area (Å²) in [6, 6.07) is 3.34. The lowest BCUT2D eigenvalue weighted by molar-refractivity contribution is 0.296. The predicted molar refractivity (Wildman–Crippen MR) is 106 cm³/mol. The van der Waals surface area contributed by atoms with Gasteiger partial charge in [0.05, 0.1) is 0 Å². The highest BCUT2D eigenvalue weighted by atomic mass is 19.3. The van der Waals surface area contributed by atoms with Crippen molar-refractivity contribution in [1.82, 2.24) is 0 Å². The number of hydrogen-bond donors (Lipinski definition) is 0. The molecule has 2 fully saturated rings. The second-order valence-corrected chi connectivity index (χ2v) is 8.76. The molecule has 156 valence electrons. The maximum absolute atomic E-state index is 14.7. The summed E-state index contributed by atoms with van der Waals surface area (Å²) in [4.78, 5) is 0. The summed E-state index contributed by atoms with van der Waals surface area (Å²) in [6.07, 6.45) is 10.4. The van der Waals surface area contributed by atoms with Crippen LogP contribution in [0.15, 0.2) is 23.8 Å². The number of hydrogen-bond acceptors (Lipinski definition) is 0. The van der Waals surface area contributed by atoms with Gasteiger partial charge >= 0.3 is 0 Å². The first-order valence-electron chi connectivity index (χ1n) is 11.0. The zero-order chi connectivity index (χ0) is 20.1. The van der Waals surface area contributed by atoms with Crippen LogP contribution < -0.4 is 0 Å². The molecule has 0 aliphatic heterocycles. The van der Waals surface area contributed by atoms with Gasteiger partial charge in [-0.2, -0.15) is 8.78 Å². The van der Waals surface area contributed by atoms with E-state index >= 15 is 0 Å². The second-order valence-electron chi connectivity index (χ2n) is 8.76. The molecule has 0 heterocycles. The third-order valence-corrected chi connectivity index (χ3v) is 6.84. The van der Waals surface area contributed by atoms with E-state index in [1.807, 2.05) is 0 Å². The lowest BCUT2D eigenvalue weighted by Crippen LogP contribution is -2.18. The van der Waals surface area contributed by atoms with Crippen molar-refractivity contribution >= 4 is 0 Å². The summed E-state index contributed by atoms with van der Waals surface area (Å²) in [5, 5.41) is 0. The highest BCUT2D eigenvalue weighted by molar-refractivity contribution is 5.36. The topological polar surface area (TPSA) is 0 Å². The Kier molecular flexibility index (Phi) is 7.59. The monoisotopic (exact) mass is 396 g/mol. The van der Waals surface area contributed by atoms with Gasteiger partial charge in [-0.1, -0.05) is 57.6 Å². The molecule has 0 radical (unpaired) electrons. The maximum Gasteiger partial charge on any atom is 0.269 e. The van der Waals surface area contributed by atoms with Crippen molar-refractivity contribution in [2.75, 3.05) is 0 Å². The summed E-state index contributed by atoms with van der Waals surface area (Å²) < 4.78 is 54.4. The van der Waals surface area contributed by atoms with Gasteiger partial charge in [-0.25, -0.2) is 8.78 Å². The molecule has 0 spiro atoms. The second kappa shape index (κ2) is 9.93. The molecule has 0 aromatic heterocycles. The van der Waals surface area contributed by atoms with E-state index in [4.69, 9.17) is 0 Å². The Hall–Kier alpha value is -1.32. The minimum atomic E-state index is -1.67. The third kappa shape index (κ3) is 4.99. The van der Waals surface area contributed by atoms with E-state index in [1.165, 1.54) is 38.5 Å². The highest BCUT2D eigenvalue weighted by Gasteiger charge is 2.33. The summed E-state index contributed by atoms with van der Waals surface area (Å²) in [5.41, 5.74) is 0.809. The minimum Gasteiger partial charge on any atom is -0.203 e. The molecule has 2 saturated carbocycles. The molecule has 0 saturated heterocycles. The average Bonchev–Trinajstić information content (AvgIpc) is 2.64. The smallest absolute Gasteiger partial charge is 0.203 e. The fourth-order valence-corrected chi connectivity index (χ4v) is 4.92. The van der Waals surface area contributed by atoms with Gasteiger partial charge in [0.1, 0.15) is 0 Å². The van der Waals surface area contributed by atoms with E-state index in [9.17, 15) is 17.6 Å². The zero-order valence-electron chi connectivity index (χ0n) is 16.9. The van der Waals surface area contributed by atoms with Crippen molar-refractivity contribution in [1.29, 1.82) is 0 Å². The molecular weight excluding hydrogens is 364 g/mol. The Morgan fingerprint density at radius 1 is 0.821 bits per heavy atom. The number of halogens is 4. The van der Waals surface area contributed by atoms with E-state index in [0.717, 1.165) is 31.6 Å². The van der Waals surface area contributed by atoms with Gasteiger partial charge in [-0.15, -0.1) is 0 Å². The fraction of sp³-hybridized carbons (Fsp3) is 0.667. The zero-order valence-corrected chi connectivity index (χ0v) is 16.9. The van der Waals surface area contributed by atoms with Crippen LogP contribution in [-0.4, -0.2) is 0 Å². The molecule has 0 bridgehead atoms. The van der Waals surface area contributed by atoms with Gasteiger partial charge in [0.2, 0.25) is 0 Å². The normalized spacial score (nSPS) is 24.9. The average molecular weight is 397 g/mol. The van der Waals surface area contributed by atoms with Crippen LogP contribution in [0.1, 0.15) is 107 Å². The molecule has 2 aliphatic rings. The first-order valence-corrected chi connectivity index (χ1v) is 11.0. The van der Waals surface area contributed by atoms with E-state index in [1.54, 1.807) is 12.1 Å². The Balaban J connectivity index is 1.53. The number of allylic oxidation sites excluding steroid dienone is 1. The predicted octanol–water partition coefficient (Wildman–Crippen LogP) is 8.63. The molecule has 0 unspecified atom stereocenters. The molecular formula is C24H32F4. The van der Waals surface area contributed by atoms with Crippen molar-refractivity contribution in [3.05, 3.63) is 46.5 Å². The van der Waals surface area contributed by atoms with Gasteiger partial charge in [-0.05, 0) is 73.0 Å². The Morgan fingerprint density at radius 3 is 1.96 bits per heavy atom. The largest absolute Gasteiger partial charge is 0.269 e. The van der Waals surface area contributed by atoms with Crippen LogP contribution >= 0.6 is 0 Å². The van der Waals surface area contributed by atoms with Crippen molar-refractivity contribution in [2.24, 2.45) is 5.92 Å². The Morgan fingerprint density at radius 2 is 1.39 bits per heavy atom. The van der Waals surface area contributed by atoms with Gasteiger partial charge < -0.3 is 0 Å². The standard InChI is InChI=1S/C24H32F4/c1-2-3-4-5-6-7-16-8-10-17(11-9-16)20-12-13-21(23(26)22(20)25)18-14-19(15-18)24(27)28/h12-13,16-18H,2-11,14-15H2,1H3. The van der Waals surface area contributed by atoms with Crippen LogP contribution in [0.2, 0.25) is 0 Å². The lowest BCUT2D eigenvalue weighted by Gasteiger charge is -2.31. The summed E-state index contributed by atoms with van der Waals surface area (Å²) >= 11 is 0. The van der Waals surface area contributed by atoms with E-state index in [2.05, 4.69) is 6.92 Å². The minimum absolute atomic E-state index is 0.0712. The maximum atomic E-state index is 14.7. The lowest BCUT2D eigenvalue weighted by atomic mass is 9.74. The third-order valence-electron chi connectivity index (χ3n) is 6.84.